The molecule has 100 valence electrons. The van der Waals surface area contributed by atoms with Gasteiger partial charge in [-0.15, -0.1) is 0 Å². The van der Waals surface area contributed by atoms with Gasteiger partial charge in [0.2, 0.25) is 10.0 Å². The zero-order chi connectivity index (χ0) is 13.8. The predicted octanol–water partition coefficient (Wildman–Crippen LogP) is 1.96. The molecule has 0 aliphatic carbocycles. The first kappa shape index (κ1) is 14.7. The van der Waals surface area contributed by atoms with Crippen molar-refractivity contribution in [1.82, 2.24) is 4.72 Å². The number of nitrogen functional groups attached to an aromatic ring is 1. The normalized spacial score (nSPS) is 12.2. The molecule has 0 saturated heterocycles. The molecule has 0 saturated carbocycles. The number of rotatable bonds is 5. The molecule has 0 heterocycles. The molecule has 0 fully saturated rings. The highest BCUT2D eigenvalue weighted by Gasteiger charge is 2.20. The highest BCUT2D eigenvalue weighted by molar-refractivity contribution is 7.89. The van der Waals surface area contributed by atoms with E-state index in [9.17, 15) is 12.8 Å². The third-order valence-corrected chi connectivity index (χ3v) is 3.83. The van der Waals surface area contributed by atoms with Gasteiger partial charge in [-0.05, 0) is 38.0 Å². The van der Waals surface area contributed by atoms with Gasteiger partial charge in [0, 0.05) is 12.2 Å². The second-order valence-electron chi connectivity index (χ2n) is 3.91. The second kappa shape index (κ2) is 5.97. The molecule has 0 aliphatic heterocycles. The zero-order valence-electron chi connectivity index (χ0n) is 10.4. The van der Waals surface area contributed by atoms with Crippen LogP contribution in [0.5, 0.6) is 0 Å². The molecule has 0 bridgehead atoms. The molecule has 0 amide bonds. The molecule has 18 heavy (non-hydrogen) atoms. The average Bonchev–Trinajstić information content (AvgIpc) is 2.29. The number of allylic oxidation sites excluding steroid dienone is 1. The summed E-state index contributed by atoms with van der Waals surface area (Å²) in [6.45, 7) is 3.54. The molecule has 0 radical (unpaired) electrons. The molecule has 1 aromatic rings. The topological polar surface area (TPSA) is 72.2 Å². The highest BCUT2D eigenvalue weighted by Crippen LogP contribution is 2.21. The molecule has 6 heteroatoms. The fourth-order valence-corrected chi connectivity index (χ4v) is 2.71. The van der Waals surface area contributed by atoms with Gasteiger partial charge in [-0.3, -0.25) is 0 Å². The summed E-state index contributed by atoms with van der Waals surface area (Å²) in [5, 5.41) is 0. The lowest BCUT2D eigenvalue weighted by Crippen LogP contribution is -2.25. The van der Waals surface area contributed by atoms with Gasteiger partial charge in [0.05, 0.1) is 0 Å². The van der Waals surface area contributed by atoms with Crippen molar-refractivity contribution in [3.63, 3.8) is 0 Å². The van der Waals surface area contributed by atoms with E-state index in [-0.39, 0.29) is 17.8 Å². The van der Waals surface area contributed by atoms with E-state index in [1.165, 1.54) is 13.0 Å². The fourth-order valence-electron chi connectivity index (χ4n) is 1.48. The lowest BCUT2D eigenvalue weighted by molar-refractivity contribution is 0.553. The molecule has 0 atom stereocenters. The van der Waals surface area contributed by atoms with E-state index >= 15 is 0 Å². The van der Waals surface area contributed by atoms with Gasteiger partial charge in [-0.2, -0.15) is 0 Å². The van der Waals surface area contributed by atoms with Crippen molar-refractivity contribution >= 4 is 15.7 Å². The van der Waals surface area contributed by atoms with Gasteiger partial charge in [-0.25, -0.2) is 17.5 Å². The molecule has 0 aliphatic rings. The SMILES string of the molecule is C/C=C/CCNS(=O)(=O)c1cc(N)cc(C)c1F. The van der Waals surface area contributed by atoms with Crippen molar-refractivity contribution < 1.29 is 12.8 Å². The number of nitrogens with two attached hydrogens (primary N) is 1. The first-order valence-electron chi connectivity index (χ1n) is 5.55. The van der Waals surface area contributed by atoms with Gasteiger partial charge in [-0.1, -0.05) is 12.2 Å². The number of hydrogen-bond donors (Lipinski definition) is 2. The smallest absolute Gasteiger partial charge is 0.243 e. The summed E-state index contributed by atoms with van der Waals surface area (Å²) in [7, 11) is -3.86. The number of nitrogens with one attached hydrogen (secondary N) is 1. The van der Waals surface area contributed by atoms with E-state index < -0.39 is 20.7 Å². The third kappa shape index (κ3) is 3.54. The second-order valence-corrected chi connectivity index (χ2v) is 5.64. The zero-order valence-corrected chi connectivity index (χ0v) is 11.2. The van der Waals surface area contributed by atoms with E-state index in [1.54, 1.807) is 0 Å². The lowest BCUT2D eigenvalue weighted by atomic mass is 10.2. The van der Waals surface area contributed by atoms with Crippen LogP contribution in [0.15, 0.2) is 29.2 Å². The Kier molecular flexibility index (Phi) is 4.86. The molecule has 3 N–H and O–H groups in total. The quantitative estimate of drug-likeness (QED) is 0.489. The maximum Gasteiger partial charge on any atom is 0.243 e. The van der Waals surface area contributed by atoms with Crippen LogP contribution in [-0.2, 0) is 10.0 Å². The van der Waals surface area contributed by atoms with E-state index in [1.807, 2.05) is 19.1 Å². The van der Waals surface area contributed by atoms with Crippen LogP contribution >= 0.6 is 0 Å². The van der Waals surface area contributed by atoms with Gasteiger partial charge in [0.15, 0.2) is 0 Å². The van der Waals surface area contributed by atoms with Crippen LogP contribution in [-0.4, -0.2) is 15.0 Å². The number of hydrogen-bond acceptors (Lipinski definition) is 3. The molecule has 0 unspecified atom stereocenters. The van der Waals surface area contributed by atoms with Crippen LogP contribution in [0.1, 0.15) is 18.9 Å². The maximum absolute atomic E-state index is 13.8. The first-order valence-corrected chi connectivity index (χ1v) is 7.03. The Hall–Kier alpha value is -1.40. The monoisotopic (exact) mass is 272 g/mol. The third-order valence-electron chi connectivity index (χ3n) is 2.37. The largest absolute Gasteiger partial charge is 0.399 e. The Morgan fingerprint density at radius 2 is 2.11 bits per heavy atom. The Labute approximate surface area is 107 Å². The van der Waals surface area contributed by atoms with E-state index in [4.69, 9.17) is 5.73 Å². The summed E-state index contributed by atoms with van der Waals surface area (Å²) < 4.78 is 39.9. The molecular weight excluding hydrogens is 255 g/mol. The van der Waals surface area contributed by atoms with Crippen LogP contribution in [0.3, 0.4) is 0 Å². The molecule has 0 aromatic heterocycles. The fraction of sp³-hybridized carbons (Fsp3) is 0.333. The van der Waals surface area contributed by atoms with Crippen LogP contribution < -0.4 is 10.5 Å². The van der Waals surface area contributed by atoms with Crippen molar-refractivity contribution in [2.75, 3.05) is 12.3 Å². The number of anilines is 1. The molecule has 1 aromatic carbocycles. The van der Waals surface area contributed by atoms with Crippen LogP contribution in [0.2, 0.25) is 0 Å². The van der Waals surface area contributed by atoms with Gasteiger partial charge in [0.25, 0.3) is 0 Å². The van der Waals surface area contributed by atoms with Crippen LogP contribution in [0, 0.1) is 12.7 Å². The van der Waals surface area contributed by atoms with E-state index in [0.717, 1.165) is 6.07 Å². The van der Waals surface area contributed by atoms with Gasteiger partial charge >= 0.3 is 0 Å². The summed E-state index contributed by atoms with van der Waals surface area (Å²) in [5.41, 5.74) is 5.97. The minimum absolute atomic E-state index is 0.212. The van der Waals surface area contributed by atoms with Crippen molar-refractivity contribution in [3.05, 3.63) is 35.7 Å². The standard InChI is InChI=1S/C12H17FN2O2S/c1-3-4-5-6-15-18(16,17)11-8-10(14)7-9(2)12(11)13/h3-4,7-8,15H,5-6,14H2,1-2H3/b4-3+. The average molecular weight is 272 g/mol. The molecular formula is C12H17FN2O2S. The van der Waals surface area contributed by atoms with Crippen LogP contribution in [0.4, 0.5) is 10.1 Å². The Morgan fingerprint density at radius 1 is 1.44 bits per heavy atom. The van der Waals surface area contributed by atoms with Gasteiger partial charge < -0.3 is 5.73 Å². The Morgan fingerprint density at radius 3 is 2.72 bits per heavy atom. The molecule has 0 spiro atoms. The number of sulfonamides is 1. The van der Waals surface area contributed by atoms with Crippen molar-refractivity contribution in [3.8, 4) is 0 Å². The maximum atomic E-state index is 13.8. The predicted molar refractivity (Wildman–Crippen MR) is 70.2 cm³/mol. The van der Waals surface area contributed by atoms with Crippen molar-refractivity contribution in [2.45, 2.75) is 25.2 Å². The summed E-state index contributed by atoms with van der Waals surface area (Å²) in [6.07, 6.45) is 4.20. The summed E-state index contributed by atoms with van der Waals surface area (Å²) in [4.78, 5) is -0.402. The van der Waals surface area contributed by atoms with Crippen LogP contribution in [0.25, 0.3) is 0 Å². The van der Waals surface area contributed by atoms with E-state index in [2.05, 4.69) is 4.72 Å². The number of benzene rings is 1. The van der Waals surface area contributed by atoms with Crippen molar-refractivity contribution in [1.29, 1.82) is 0 Å². The van der Waals surface area contributed by atoms with Crippen molar-refractivity contribution in [2.24, 2.45) is 0 Å². The number of halogens is 1. The summed E-state index contributed by atoms with van der Waals surface area (Å²) in [6, 6.07) is 2.52. The molecule has 4 nitrogen and oxygen atoms in total. The Bertz CT molecular complexity index is 553. The minimum atomic E-state index is -3.86. The summed E-state index contributed by atoms with van der Waals surface area (Å²) >= 11 is 0. The first-order chi connectivity index (χ1) is 8.38. The highest BCUT2D eigenvalue weighted by atomic mass is 32.2. The minimum Gasteiger partial charge on any atom is -0.399 e. The Balaban J connectivity index is 2.98. The number of aryl methyl sites for hydroxylation is 1. The van der Waals surface area contributed by atoms with Gasteiger partial charge in [0.1, 0.15) is 10.7 Å². The molecule has 1 rings (SSSR count). The lowest BCUT2D eigenvalue weighted by Gasteiger charge is -2.09. The summed E-state index contributed by atoms with van der Waals surface area (Å²) in [5.74, 6) is -0.761. The van der Waals surface area contributed by atoms with E-state index in [0.29, 0.717) is 6.42 Å².